The number of carbonyl (C=O) groups is 2. The summed E-state index contributed by atoms with van der Waals surface area (Å²) in [5, 5.41) is 13.6. The lowest BCUT2D eigenvalue weighted by Gasteiger charge is -2.25. The highest BCUT2D eigenvalue weighted by Crippen LogP contribution is 2.30. The Labute approximate surface area is 197 Å². The van der Waals surface area contributed by atoms with Crippen LogP contribution < -0.4 is 15.4 Å². The molecule has 1 aliphatic heterocycles. The van der Waals surface area contributed by atoms with Crippen LogP contribution in [0.15, 0.2) is 36.4 Å². The van der Waals surface area contributed by atoms with Crippen molar-refractivity contribution in [2.75, 3.05) is 25.5 Å². The zero-order valence-electron chi connectivity index (χ0n) is 19.8. The topological polar surface area (TPSA) is 101 Å². The lowest BCUT2D eigenvalue weighted by atomic mass is 9.82. The maximum atomic E-state index is 9.72. The molecule has 1 saturated carbocycles. The van der Waals surface area contributed by atoms with Gasteiger partial charge < -0.3 is 20.5 Å². The van der Waals surface area contributed by atoms with E-state index in [0.717, 1.165) is 24.0 Å². The summed E-state index contributed by atoms with van der Waals surface area (Å²) in [6.07, 6.45) is 9.75. The summed E-state index contributed by atoms with van der Waals surface area (Å²) < 4.78 is 5.04. The van der Waals surface area contributed by atoms with E-state index in [0.29, 0.717) is 6.41 Å². The molecule has 0 spiro atoms. The summed E-state index contributed by atoms with van der Waals surface area (Å²) in [6, 6.07) is 12.4. The molecule has 0 radical (unpaired) electrons. The van der Waals surface area contributed by atoms with E-state index in [9.17, 15) is 9.59 Å². The van der Waals surface area contributed by atoms with Crippen molar-refractivity contribution in [1.29, 1.82) is 0 Å². The molecule has 1 aromatic heterocycles. The number of nitrogens with one attached hydrogen (secondary N) is 2. The third-order valence-electron chi connectivity index (χ3n) is 5.87. The molecule has 1 fully saturated rings. The van der Waals surface area contributed by atoms with E-state index < -0.39 is 5.97 Å². The second-order valence-electron chi connectivity index (χ2n) is 8.36. The van der Waals surface area contributed by atoms with E-state index in [4.69, 9.17) is 14.8 Å². The number of anilines is 1. The van der Waals surface area contributed by atoms with Crippen LogP contribution in [0.4, 0.5) is 5.82 Å². The normalized spacial score (nSPS) is 14.0. The van der Waals surface area contributed by atoms with E-state index in [1.807, 2.05) is 31.2 Å². The molecule has 7 nitrogen and oxygen atoms in total. The molecule has 0 unspecified atom stereocenters. The number of nitrogens with zero attached hydrogens (tertiary/aromatic N) is 1. The number of carboxylic acids is 1. The Morgan fingerprint density at radius 3 is 2.64 bits per heavy atom. The summed E-state index contributed by atoms with van der Waals surface area (Å²) in [5.41, 5.74) is 3.86. The SMILES string of the molecule is COc1ccccc1C.O=CNCCC(=O)O.c1cc2c(nc1CCC1CCC1)NCCC2. The summed E-state index contributed by atoms with van der Waals surface area (Å²) in [5.74, 6) is 2.19. The van der Waals surface area contributed by atoms with Crippen LogP contribution in [0.5, 0.6) is 5.75 Å². The molecule has 7 heteroatoms. The third kappa shape index (κ3) is 9.93. The molecule has 180 valence electrons. The standard InChI is InChI=1S/C14H20N2.C8H10O.C4H7NO3/c1-3-11(4-1)6-8-13-9-7-12-5-2-10-15-14(12)16-13;1-7-5-3-4-6-8(7)9-2;6-3-5-2-1-4(7)8/h7,9,11H,1-6,8,10H2,(H,15,16);3-6H,1-2H3;3H,1-2H2,(H,5,6)(H,7,8). The number of methoxy groups -OCH3 is 1. The summed E-state index contributed by atoms with van der Waals surface area (Å²) in [7, 11) is 1.68. The van der Waals surface area contributed by atoms with Crippen LogP contribution in [0.25, 0.3) is 0 Å². The van der Waals surface area contributed by atoms with Crippen molar-refractivity contribution in [2.45, 2.75) is 58.3 Å². The average Bonchev–Trinajstić information content (AvgIpc) is 2.79. The largest absolute Gasteiger partial charge is 0.496 e. The molecule has 4 rings (SSSR count). The Bertz CT molecular complexity index is 868. The highest BCUT2D eigenvalue weighted by molar-refractivity contribution is 5.67. The smallest absolute Gasteiger partial charge is 0.305 e. The van der Waals surface area contributed by atoms with E-state index in [2.05, 4.69) is 22.8 Å². The zero-order chi connectivity index (χ0) is 23.9. The highest BCUT2D eigenvalue weighted by Gasteiger charge is 2.17. The fraction of sp³-hybridized carbons (Fsp3) is 0.500. The number of carboxylic acid groups (broad SMARTS) is 1. The summed E-state index contributed by atoms with van der Waals surface area (Å²) in [4.78, 5) is 23.9. The number of hydrogen-bond acceptors (Lipinski definition) is 5. The van der Waals surface area contributed by atoms with Crippen molar-refractivity contribution in [3.05, 3.63) is 53.2 Å². The molecule has 3 N–H and O–H groups in total. The van der Waals surface area contributed by atoms with Crippen LogP contribution in [0.1, 0.15) is 55.3 Å². The minimum absolute atomic E-state index is 0.0151. The van der Waals surface area contributed by atoms with Gasteiger partial charge in [0.05, 0.1) is 13.5 Å². The molecule has 2 heterocycles. The van der Waals surface area contributed by atoms with Gasteiger partial charge in [-0.2, -0.15) is 0 Å². The number of aliphatic carboxylic acids is 1. The van der Waals surface area contributed by atoms with Crippen molar-refractivity contribution in [3.8, 4) is 5.75 Å². The number of ether oxygens (including phenoxy) is 1. The Kier molecular flexibility index (Phi) is 11.8. The molecule has 1 amide bonds. The van der Waals surface area contributed by atoms with Crippen LogP contribution >= 0.6 is 0 Å². The van der Waals surface area contributed by atoms with Gasteiger partial charge in [-0.1, -0.05) is 43.5 Å². The molecule has 33 heavy (non-hydrogen) atoms. The van der Waals surface area contributed by atoms with Crippen molar-refractivity contribution in [1.82, 2.24) is 10.3 Å². The Hall–Kier alpha value is -3.09. The number of aromatic nitrogens is 1. The van der Waals surface area contributed by atoms with Crippen molar-refractivity contribution in [3.63, 3.8) is 0 Å². The zero-order valence-corrected chi connectivity index (χ0v) is 19.8. The second kappa shape index (κ2) is 14.9. The van der Waals surface area contributed by atoms with Crippen LogP contribution in [-0.2, 0) is 22.4 Å². The van der Waals surface area contributed by atoms with Crippen LogP contribution in [0.2, 0.25) is 0 Å². The first-order valence-electron chi connectivity index (χ1n) is 11.7. The van der Waals surface area contributed by atoms with Gasteiger partial charge in [0.1, 0.15) is 11.6 Å². The molecule has 0 atom stereocenters. The predicted molar refractivity (Wildman–Crippen MR) is 131 cm³/mol. The second-order valence-corrected chi connectivity index (χ2v) is 8.36. The molecule has 1 aromatic carbocycles. The number of fused-ring (bicyclic) bond motifs is 1. The quantitative estimate of drug-likeness (QED) is 0.403. The van der Waals surface area contributed by atoms with Gasteiger partial charge in [-0.3, -0.25) is 9.59 Å². The fourth-order valence-corrected chi connectivity index (χ4v) is 3.67. The van der Waals surface area contributed by atoms with E-state index in [1.165, 1.54) is 61.8 Å². The van der Waals surface area contributed by atoms with Gasteiger partial charge in [0.2, 0.25) is 6.41 Å². The van der Waals surface area contributed by atoms with Crippen molar-refractivity contribution in [2.24, 2.45) is 5.92 Å². The average molecular weight is 456 g/mol. The van der Waals surface area contributed by atoms with Gasteiger partial charge in [-0.05, 0) is 61.8 Å². The number of para-hydroxylation sites is 1. The fourth-order valence-electron chi connectivity index (χ4n) is 3.67. The van der Waals surface area contributed by atoms with E-state index >= 15 is 0 Å². The highest BCUT2D eigenvalue weighted by atomic mass is 16.5. The lowest BCUT2D eigenvalue weighted by molar-refractivity contribution is -0.136. The number of benzene rings is 1. The monoisotopic (exact) mass is 455 g/mol. The Balaban J connectivity index is 0.000000194. The minimum atomic E-state index is -0.903. The van der Waals surface area contributed by atoms with Crippen molar-refractivity contribution < 1.29 is 19.4 Å². The summed E-state index contributed by atoms with van der Waals surface area (Å²) >= 11 is 0. The molecular weight excluding hydrogens is 418 g/mol. The Morgan fingerprint density at radius 2 is 2.03 bits per heavy atom. The van der Waals surface area contributed by atoms with Crippen LogP contribution in [0.3, 0.4) is 0 Å². The number of hydrogen-bond donors (Lipinski definition) is 3. The molecule has 0 saturated heterocycles. The molecular formula is C26H37N3O4. The Morgan fingerprint density at radius 1 is 1.24 bits per heavy atom. The van der Waals surface area contributed by atoms with Gasteiger partial charge in [0.25, 0.3) is 0 Å². The first-order valence-corrected chi connectivity index (χ1v) is 11.7. The van der Waals surface area contributed by atoms with Gasteiger partial charge in [-0.15, -0.1) is 0 Å². The number of carbonyl (C=O) groups excluding carboxylic acids is 1. The molecule has 0 bridgehead atoms. The number of pyridine rings is 1. The minimum Gasteiger partial charge on any atom is -0.496 e. The number of rotatable bonds is 8. The van der Waals surface area contributed by atoms with E-state index in [1.54, 1.807) is 7.11 Å². The maximum Gasteiger partial charge on any atom is 0.305 e. The van der Waals surface area contributed by atoms with Crippen LogP contribution in [0, 0.1) is 12.8 Å². The van der Waals surface area contributed by atoms with Gasteiger partial charge >= 0.3 is 5.97 Å². The van der Waals surface area contributed by atoms with Gasteiger partial charge in [0.15, 0.2) is 0 Å². The molecule has 2 aromatic rings. The van der Waals surface area contributed by atoms with E-state index in [-0.39, 0.29) is 13.0 Å². The molecule has 1 aliphatic carbocycles. The molecule has 2 aliphatic rings. The predicted octanol–water partition coefficient (Wildman–Crippen LogP) is 4.38. The first-order chi connectivity index (χ1) is 16.0. The third-order valence-corrected chi connectivity index (χ3v) is 5.87. The number of aryl methyl sites for hydroxylation is 3. The van der Waals surface area contributed by atoms with Gasteiger partial charge in [-0.25, -0.2) is 4.98 Å². The van der Waals surface area contributed by atoms with Gasteiger partial charge in [0, 0.05) is 18.8 Å². The lowest BCUT2D eigenvalue weighted by Crippen LogP contribution is -2.15. The first kappa shape index (κ1) is 26.2. The summed E-state index contributed by atoms with van der Waals surface area (Å²) in [6.45, 7) is 3.32. The van der Waals surface area contributed by atoms with Crippen molar-refractivity contribution >= 4 is 18.2 Å². The van der Waals surface area contributed by atoms with Crippen LogP contribution in [-0.4, -0.2) is 42.7 Å². The maximum absolute atomic E-state index is 9.72. The number of amides is 1.